The molecule has 1 aromatic carbocycles. The second-order valence-electron chi connectivity index (χ2n) is 6.15. The summed E-state index contributed by atoms with van der Waals surface area (Å²) >= 11 is 6.23. The summed E-state index contributed by atoms with van der Waals surface area (Å²) in [5.74, 6) is 0.196. The molecule has 0 saturated heterocycles. The topological polar surface area (TPSA) is 64.8 Å². The maximum atomic E-state index is 12.9. The molecule has 130 valence electrons. The summed E-state index contributed by atoms with van der Waals surface area (Å²) in [5, 5.41) is 4.54. The van der Waals surface area contributed by atoms with Crippen molar-refractivity contribution in [2.24, 2.45) is 0 Å². The van der Waals surface area contributed by atoms with Crippen LogP contribution in [0.3, 0.4) is 0 Å². The van der Waals surface area contributed by atoms with Crippen LogP contribution < -0.4 is 0 Å². The quantitative estimate of drug-likeness (QED) is 0.695. The van der Waals surface area contributed by atoms with E-state index in [2.05, 4.69) is 10.1 Å². The lowest BCUT2D eigenvalue weighted by Crippen LogP contribution is -2.13. The summed E-state index contributed by atoms with van der Waals surface area (Å²) in [6.45, 7) is 5.76. The van der Waals surface area contributed by atoms with E-state index in [1.807, 2.05) is 39.0 Å². The first-order valence-electron chi connectivity index (χ1n) is 7.73. The van der Waals surface area contributed by atoms with Crippen LogP contribution in [0.15, 0.2) is 47.8 Å². The fourth-order valence-corrected chi connectivity index (χ4v) is 4.53. The van der Waals surface area contributed by atoms with Gasteiger partial charge in [0, 0.05) is 6.20 Å². The summed E-state index contributed by atoms with van der Waals surface area (Å²) in [6.07, 6.45) is 3.06. The maximum Gasteiger partial charge on any atom is 0.199 e. The van der Waals surface area contributed by atoms with Crippen molar-refractivity contribution in [3.8, 4) is 5.82 Å². The Balaban J connectivity index is 2.03. The van der Waals surface area contributed by atoms with Crippen LogP contribution in [-0.4, -0.2) is 23.2 Å². The summed E-state index contributed by atoms with van der Waals surface area (Å²) in [4.78, 5) is 4.23. The Morgan fingerprint density at radius 3 is 2.36 bits per heavy atom. The Kier molecular flexibility index (Phi) is 4.67. The second-order valence-corrected chi connectivity index (χ2v) is 8.50. The molecule has 0 amide bonds. The molecule has 2 heterocycles. The van der Waals surface area contributed by atoms with Crippen LogP contribution in [0, 0.1) is 20.8 Å². The summed E-state index contributed by atoms with van der Waals surface area (Å²) in [7, 11) is -3.61. The van der Waals surface area contributed by atoms with Crippen LogP contribution in [-0.2, 0) is 15.6 Å². The summed E-state index contributed by atoms with van der Waals surface area (Å²) in [5.41, 5.74) is 3.69. The summed E-state index contributed by atoms with van der Waals surface area (Å²) < 4.78 is 27.1. The zero-order valence-electron chi connectivity index (χ0n) is 14.2. The van der Waals surface area contributed by atoms with Gasteiger partial charge in [-0.15, -0.1) is 0 Å². The Morgan fingerprint density at radius 2 is 1.72 bits per heavy atom. The minimum atomic E-state index is -3.61. The molecule has 3 aromatic rings. The number of nitrogens with zero attached hydrogens (tertiary/aromatic N) is 3. The molecule has 5 nitrogen and oxygen atoms in total. The first kappa shape index (κ1) is 17.6. The molecule has 0 fully saturated rings. The van der Waals surface area contributed by atoms with Gasteiger partial charge in [-0.2, -0.15) is 5.10 Å². The van der Waals surface area contributed by atoms with Crippen LogP contribution in [0.25, 0.3) is 5.82 Å². The minimum absolute atomic E-state index is 0.0740. The van der Waals surface area contributed by atoms with E-state index in [1.54, 1.807) is 12.3 Å². The van der Waals surface area contributed by atoms with Gasteiger partial charge < -0.3 is 0 Å². The molecular weight excluding hydrogens is 358 g/mol. The van der Waals surface area contributed by atoms with E-state index in [0.717, 1.165) is 22.3 Å². The molecule has 0 atom stereocenters. The first-order chi connectivity index (χ1) is 11.8. The van der Waals surface area contributed by atoms with Crippen molar-refractivity contribution in [3.63, 3.8) is 0 Å². The molecule has 0 bridgehead atoms. The molecule has 2 aromatic heterocycles. The third-order valence-electron chi connectivity index (χ3n) is 3.72. The highest BCUT2D eigenvalue weighted by Gasteiger charge is 2.23. The Morgan fingerprint density at radius 1 is 1.04 bits per heavy atom. The SMILES string of the molecule is Cc1cc(C)cc(CS(=O)(=O)c2ccnn2-c2ncc(C)cc2Cl)c1. The fourth-order valence-electron chi connectivity index (χ4n) is 2.81. The molecule has 0 radical (unpaired) electrons. The molecule has 7 heteroatoms. The number of halogens is 1. The van der Waals surface area contributed by atoms with Gasteiger partial charge in [-0.1, -0.05) is 40.9 Å². The lowest BCUT2D eigenvalue weighted by molar-refractivity contribution is 0.584. The number of aromatic nitrogens is 3. The maximum absolute atomic E-state index is 12.9. The van der Waals surface area contributed by atoms with Crippen LogP contribution in [0.4, 0.5) is 0 Å². The van der Waals surface area contributed by atoms with Crippen LogP contribution >= 0.6 is 11.6 Å². The van der Waals surface area contributed by atoms with E-state index >= 15 is 0 Å². The van der Waals surface area contributed by atoms with E-state index < -0.39 is 9.84 Å². The summed E-state index contributed by atoms with van der Waals surface area (Å²) in [6, 6.07) is 8.96. The van der Waals surface area contributed by atoms with E-state index in [4.69, 9.17) is 11.6 Å². The smallest absolute Gasteiger partial charge is 0.199 e. The van der Waals surface area contributed by atoms with E-state index in [0.29, 0.717) is 10.8 Å². The van der Waals surface area contributed by atoms with Crippen molar-refractivity contribution in [3.05, 3.63) is 70.0 Å². The Labute approximate surface area is 152 Å². The number of rotatable bonds is 4. The molecular formula is C18H18ClN3O2S. The van der Waals surface area contributed by atoms with Crippen molar-refractivity contribution in [1.82, 2.24) is 14.8 Å². The Hall–Kier alpha value is -2.18. The van der Waals surface area contributed by atoms with Gasteiger partial charge >= 0.3 is 0 Å². The van der Waals surface area contributed by atoms with Crippen molar-refractivity contribution in [2.75, 3.05) is 0 Å². The second kappa shape index (κ2) is 6.61. The Bertz CT molecular complexity index is 1020. The van der Waals surface area contributed by atoms with Crippen molar-refractivity contribution < 1.29 is 8.42 Å². The zero-order valence-corrected chi connectivity index (χ0v) is 15.8. The van der Waals surface area contributed by atoms with E-state index in [-0.39, 0.29) is 10.8 Å². The molecule has 0 saturated carbocycles. The van der Waals surface area contributed by atoms with Gasteiger partial charge in [-0.25, -0.2) is 18.1 Å². The van der Waals surface area contributed by atoms with Gasteiger partial charge in [0.15, 0.2) is 20.7 Å². The van der Waals surface area contributed by atoms with Crippen molar-refractivity contribution >= 4 is 21.4 Å². The van der Waals surface area contributed by atoms with Crippen LogP contribution in [0.2, 0.25) is 5.02 Å². The van der Waals surface area contributed by atoms with Gasteiger partial charge in [0.25, 0.3) is 0 Å². The predicted molar refractivity (Wildman–Crippen MR) is 97.9 cm³/mol. The molecule has 25 heavy (non-hydrogen) atoms. The molecule has 0 N–H and O–H groups in total. The molecule has 0 aliphatic heterocycles. The number of hydrogen-bond donors (Lipinski definition) is 0. The van der Waals surface area contributed by atoms with Crippen molar-refractivity contribution in [2.45, 2.75) is 31.6 Å². The van der Waals surface area contributed by atoms with Crippen LogP contribution in [0.5, 0.6) is 0 Å². The zero-order chi connectivity index (χ0) is 18.2. The average Bonchev–Trinajstić information content (AvgIpc) is 2.95. The lowest BCUT2D eigenvalue weighted by atomic mass is 10.1. The molecule has 0 unspecified atom stereocenters. The minimum Gasteiger partial charge on any atom is -0.235 e. The fraction of sp³-hybridized carbons (Fsp3) is 0.222. The normalized spacial score (nSPS) is 11.7. The predicted octanol–water partition coefficient (Wildman–Crippen LogP) is 3.82. The van der Waals surface area contributed by atoms with Crippen molar-refractivity contribution in [1.29, 1.82) is 0 Å². The third-order valence-corrected chi connectivity index (χ3v) is 5.66. The third kappa shape index (κ3) is 3.75. The van der Waals surface area contributed by atoms with E-state index in [9.17, 15) is 8.42 Å². The van der Waals surface area contributed by atoms with Gasteiger partial charge in [0.2, 0.25) is 0 Å². The van der Waals surface area contributed by atoms with Gasteiger partial charge in [-0.3, -0.25) is 0 Å². The number of pyridine rings is 1. The van der Waals surface area contributed by atoms with Gasteiger partial charge in [-0.05, 0) is 44.0 Å². The first-order valence-corrected chi connectivity index (χ1v) is 9.76. The van der Waals surface area contributed by atoms with Gasteiger partial charge in [0.05, 0.1) is 17.0 Å². The number of sulfone groups is 1. The standard InChI is InChI=1S/C18H18ClN3O2S/c1-12-6-13(2)8-15(7-12)11-25(23,24)17-4-5-21-22(17)18-16(19)9-14(3)10-20-18/h4-10H,11H2,1-3H3. The average molecular weight is 376 g/mol. The highest BCUT2D eigenvalue weighted by Crippen LogP contribution is 2.24. The number of aryl methyl sites for hydroxylation is 3. The highest BCUT2D eigenvalue weighted by atomic mass is 35.5. The number of benzene rings is 1. The largest absolute Gasteiger partial charge is 0.235 e. The molecule has 3 rings (SSSR count). The monoisotopic (exact) mass is 375 g/mol. The number of hydrogen-bond acceptors (Lipinski definition) is 4. The molecule has 0 spiro atoms. The lowest BCUT2D eigenvalue weighted by Gasteiger charge is -2.10. The molecule has 0 aliphatic rings. The molecule has 0 aliphatic carbocycles. The highest BCUT2D eigenvalue weighted by molar-refractivity contribution is 7.90. The van der Waals surface area contributed by atoms with Crippen LogP contribution in [0.1, 0.15) is 22.3 Å². The van der Waals surface area contributed by atoms with E-state index in [1.165, 1.54) is 16.9 Å². The van der Waals surface area contributed by atoms with Gasteiger partial charge in [0.1, 0.15) is 0 Å².